The van der Waals surface area contributed by atoms with Crippen molar-refractivity contribution < 1.29 is 0 Å². The molecule has 0 saturated heterocycles. The summed E-state index contributed by atoms with van der Waals surface area (Å²) in [6, 6.07) is 24.9. The summed E-state index contributed by atoms with van der Waals surface area (Å²) in [5.41, 5.74) is 2.84. The monoisotopic (exact) mass is 375 g/mol. The van der Waals surface area contributed by atoms with Gasteiger partial charge in [-0.05, 0) is 44.5 Å². The molecule has 0 fully saturated rings. The molecular weight excluding hydrogens is 349 g/mol. The maximum atomic E-state index is 4.26. The van der Waals surface area contributed by atoms with Crippen molar-refractivity contribution in [2.75, 3.05) is 0 Å². The largest absolute Gasteiger partial charge is 0.265 e. The Kier molecular flexibility index (Phi) is 4.93. The normalized spacial score (nSPS) is 11.6. The van der Waals surface area contributed by atoms with Crippen molar-refractivity contribution in [3.63, 3.8) is 0 Å². The van der Waals surface area contributed by atoms with Gasteiger partial charge < -0.3 is 0 Å². The summed E-state index contributed by atoms with van der Waals surface area (Å²) in [5.74, 6) is 0. The Hall–Kier alpha value is -2.87. The number of rotatable bonds is 7. The van der Waals surface area contributed by atoms with Gasteiger partial charge in [-0.3, -0.25) is 4.98 Å². The van der Waals surface area contributed by atoms with E-state index in [0.717, 1.165) is 0 Å². The van der Waals surface area contributed by atoms with Crippen molar-refractivity contribution >= 4 is 50.0 Å². The molecule has 1 aromatic heterocycles. The zero-order valence-electron chi connectivity index (χ0n) is 17.1. The summed E-state index contributed by atoms with van der Waals surface area (Å²) in [7, 11) is 0. The fourth-order valence-electron chi connectivity index (χ4n) is 4.93. The fraction of sp³-hybridized carbons (Fsp3) is 0.222. The van der Waals surface area contributed by atoms with Crippen LogP contribution in [0.3, 0.4) is 0 Å². The van der Waals surface area contributed by atoms with Gasteiger partial charge in [0.1, 0.15) is 0 Å². The Morgan fingerprint density at radius 2 is 1.38 bits per heavy atom. The minimum Gasteiger partial charge on any atom is -0.265 e. The summed E-state index contributed by atoms with van der Waals surface area (Å²) < 4.78 is 0. The Morgan fingerprint density at radius 1 is 0.690 bits per heavy atom. The molecule has 0 spiro atoms. The minimum atomic E-state index is 0.416. The van der Waals surface area contributed by atoms with Gasteiger partial charge in [0.25, 0.3) is 0 Å². The van der Waals surface area contributed by atoms with Crippen LogP contribution in [-0.4, -0.2) is 11.7 Å². The van der Waals surface area contributed by atoms with Crippen LogP contribution in [0.1, 0.15) is 32.6 Å². The molecule has 2 heteroatoms. The lowest BCUT2D eigenvalue weighted by molar-refractivity contribution is 0.700. The summed E-state index contributed by atoms with van der Waals surface area (Å²) in [6.07, 6.45) is 10.2. The molecule has 4 aromatic carbocycles. The van der Waals surface area contributed by atoms with Gasteiger partial charge in [0, 0.05) is 12.4 Å². The Labute approximate surface area is 173 Å². The molecule has 1 heterocycles. The third-order valence-corrected chi connectivity index (χ3v) is 6.39. The van der Waals surface area contributed by atoms with E-state index in [1.807, 2.05) is 12.4 Å². The molecule has 0 aliphatic heterocycles. The molecule has 0 atom stereocenters. The van der Waals surface area contributed by atoms with Crippen LogP contribution in [0.25, 0.3) is 32.3 Å². The van der Waals surface area contributed by atoms with Crippen molar-refractivity contribution in [3.8, 4) is 0 Å². The number of hydrogen-bond acceptors (Lipinski definition) is 1. The average molecular weight is 375 g/mol. The van der Waals surface area contributed by atoms with Crippen molar-refractivity contribution in [2.24, 2.45) is 0 Å². The topological polar surface area (TPSA) is 12.9 Å². The van der Waals surface area contributed by atoms with Crippen molar-refractivity contribution in [1.29, 1.82) is 0 Å². The molecule has 5 rings (SSSR count). The quantitative estimate of drug-likeness (QED) is 0.188. The molecule has 0 amide bonds. The van der Waals surface area contributed by atoms with Gasteiger partial charge in [0.15, 0.2) is 0 Å². The maximum absolute atomic E-state index is 4.26. The van der Waals surface area contributed by atoms with E-state index in [-0.39, 0.29) is 0 Å². The molecule has 0 N–H and O–H groups in total. The van der Waals surface area contributed by atoms with E-state index in [2.05, 4.69) is 78.6 Å². The summed E-state index contributed by atoms with van der Waals surface area (Å²) in [6.45, 7) is 2.70. The molecule has 1 nitrogen and oxygen atoms in total. The number of benzene rings is 4. The van der Waals surface area contributed by atoms with Crippen LogP contribution in [-0.2, 0) is 0 Å². The first-order valence-corrected chi connectivity index (χ1v) is 10.9. The first-order chi connectivity index (χ1) is 14.4. The Balaban J connectivity index is 1.70. The first-order valence-electron chi connectivity index (χ1n) is 10.9. The zero-order chi connectivity index (χ0) is 19.6. The molecule has 29 heavy (non-hydrogen) atoms. The van der Waals surface area contributed by atoms with Gasteiger partial charge >= 0.3 is 0 Å². The van der Waals surface area contributed by atoms with Crippen LogP contribution in [0.5, 0.6) is 0 Å². The third kappa shape index (κ3) is 3.27. The molecule has 0 bridgehead atoms. The van der Waals surface area contributed by atoms with Gasteiger partial charge in [-0.1, -0.05) is 104 Å². The highest BCUT2D eigenvalue weighted by molar-refractivity contribution is 6.87. The van der Waals surface area contributed by atoms with Crippen molar-refractivity contribution in [1.82, 2.24) is 4.98 Å². The molecular formula is C27H26BN. The second-order valence-corrected chi connectivity index (χ2v) is 8.19. The third-order valence-electron chi connectivity index (χ3n) is 6.39. The predicted molar refractivity (Wildman–Crippen MR) is 128 cm³/mol. The van der Waals surface area contributed by atoms with Gasteiger partial charge in [-0.25, -0.2) is 0 Å². The molecule has 5 aromatic rings. The Morgan fingerprint density at radius 3 is 2.14 bits per heavy atom. The van der Waals surface area contributed by atoms with Gasteiger partial charge in [-0.15, -0.1) is 0 Å². The predicted octanol–water partition coefficient (Wildman–Crippen LogP) is 6.17. The van der Waals surface area contributed by atoms with E-state index in [1.54, 1.807) is 0 Å². The van der Waals surface area contributed by atoms with Gasteiger partial charge in [0.05, 0.1) is 0 Å². The number of nitrogens with zero attached hydrogens (tertiary/aromatic N) is 1. The Bertz CT molecular complexity index is 1230. The van der Waals surface area contributed by atoms with Crippen LogP contribution >= 0.6 is 0 Å². The van der Waals surface area contributed by atoms with E-state index < -0.39 is 0 Å². The van der Waals surface area contributed by atoms with Crippen LogP contribution in [0.15, 0.2) is 79.1 Å². The van der Waals surface area contributed by atoms with Gasteiger partial charge in [0.2, 0.25) is 6.71 Å². The van der Waals surface area contributed by atoms with E-state index in [4.69, 9.17) is 0 Å². The highest BCUT2D eigenvalue weighted by atomic mass is 14.6. The van der Waals surface area contributed by atoms with Crippen LogP contribution in [0.4, 0.5) is 0 Å². The van der Waals surface area contributed by atoms with E-state index in [9.17, 15) is 0 Å². The molecule has 0 aliphatic rings. The highest BCUT2D eigenvalue weighted by Crippen LogP contribution is 2.33. The maximum Gasteiger partial charge on any atom is 0.210 e. The second-order valence-electron chi connectivity index (χ2n) is 8.19. The molecule has 0 radical (unpaired) electrons. The minimum absolute atomic E-state index is 0.416. The van der Waals surface area contributed by atoms with Crippen molar-refractivity contribution in [2.45, 2.75) is 38.9 Å². The lowest BCUT2D eigenvalue weighted by Gasteiger charge is -2.19. The smallest absolute Gasteiger partial charge is 0.210 e. The van der Waals surface area contributed by atoms with Crippen LogP contribution in [0.2, 0.25) is 6.32 Å². The number of hydrogen-bond donors (Lipinski definition) is 0. The number of aromatic nitrogens is 1. The average Bonchev–Trinajstić information content (AvgIpc) is 2.78. The molecule has 0 saturated carbocycles. The van der Waals surface area contributed by atoms with Crippen LogP contribution < -0.4 is 10.9 Å². The first kappa shape index (κ1) is 18.2. The van der Waals surface area contributed by atoms with Crippen molar-refractivity contribution in [3.05, 3.63) is 79.1 Å². The lowest BCUT2D eigenvalue weighted by Crippen LogP contribution is -2.42. The van der Waals surface area contributed by atoms with E-state index >= 15 is 0 Å². The summed E-state index contributed by atoms with van der Waals surface area (Å²) in [4.78, 5) is 4.26. The summed E-state index contributed by atoms with van der Waals surface area (Å²) >= 11 is 0. The summed E-state index contributed by atoms with van der Waals surface area (Å²) in [5, 5.41) is 8.24. The second kappa shape index (κ2) is 7.87. The van der Waals surface area contributed by atoms with E-state index in [1.165, 1.54) is 75.2 Å². The van der Waals surface area contributed by atoms with E-state index in [0.29, 0.717) is 6.71 Å². The highest BCUT2D eigenvalue weighted by Gasteiger charge is 2.22. The SMILES string of the molecule is CCCCCCB(c1ccncc1)c1ccc2ccc3cccc4ccc1c2c34. The zero-order valence-corrected chi connectivity index (χ0v) is 17.1. The number of unbranched alkanes of at least 4 members (excludes halogenated alkanes) is 3. The fourth-order valence-corrected chi connectivity index (χ4v) is 4.93. The molecule has 0 unspecified atom stereocenters. The molecule has 0 aliphatic carbocycles. The van der Waals surface area contributed by atoms with Gasteiger partial charge in [-0.2, -0.15) is 0 Å². The molecule has 142 valence electrons. The van der Waals surface area contributed by atoms with Crippen LogP contribution in [0, 0.1) is 0 Å². The standard InChI is InChI=1S/C27H26BN/c1-2-3-4-5-17-28(23-15-18-29-19-16-23)25-14-12-22-10-9-20-7-6-8-21-11-13-24(25)27(22)26(20)21/h6-16,18-19H,2-5,17H2,1H3. The lowest BCUT2D eigenvalue weighted by atomic mass is 9.37. The number of pyridine rings is 1.